The molecule has 0 aromatic carbocycles. The lowest BCUT2D eigenvalue weighted by Crippen LogP contribution is -2.50. The van der Waals surface area contributed by atoms with Gasteiger partial charge in [-0.3, -0.25) is 24.2 Å². The monoisotopic (exact) mass is 675 g/mol. The number of nitrogens with one attached hydrogen (secondary N) is 1. The Labute approximate surface area is 290 Å². The maximum Gasteiger partial charge on any atom is 0.310 e. The maximum absolute atomic E-state index is 14.0. The number of aromatic nitrogens is 4. The van der Waals surface area contributed by atoms with Crippen molar-refractivity contribution >= 4 is 34.8 Å². The first-order chi connectivity index (χ1) is 24.3. The zero-order valence-corrected chi connectivity index (χ0v) is 28.4. The van der Waals surface area contributed by atoms with Crippen molar-refractivity contribution in [1.29, 1.82) is 0 Å². The second-order valence-electron chi connectivity index (χ2n) is 13.8. The first-order valence-corrected chi connectivity index (χ1v) is 17.5. The molecule has 4 aliphatic rings. The van der Waals surface area contributed by atoms with Crippen molar-refractivity contribution in [3.63, 3.8) is 0 Å². The average molecular weight is 676 g/mol. The standard InChI is InChI=1S/C38H41N7O5/c1-23(38(48)49)34-29(9-12-39-35(34)45-16-15-44-31-6-4-3-5-25(31)18-32(44)37(45)47)27-17-30(36(46)42(2)20-27)41-33-8-7-26(19-40-33)24-10-13-43(14-11-24)28-21-50-22-28/h7-10,12,17-20,23,28H,3-6,11,13-16,21-22H2,1-2H3,(H,40,41)(H,48,49). The highest BCUT2D eigenvalue weighted by molar-refractivity contribution is 6.07. The van der Waals surface area contributed by atoms with E-state index < -0.39 is 11.9 Å². The molecule has 0 saturated carbocycles. The summed E-state index contributed by atoms with van der Waals surface area (Å²) < 4.78 is 8.95. The summed E-state index contributed by atoms with van der Waals surface area (Å²) in [6.45, 7) is 6.11. The second-order valence-corrected chi connectivity index (χ2v) is 13.8. The van der Waals surface area contributed by atoms with Gasteiger partial charge in [-0.1, -0.05) is 6.08 Å². The third-order valence-electron chi connectivity index (χ3n) is 10.7. The van der Waals surface area contributed by atoms with Crippen molar-refractivity contribution in [3.8, 4) is 11.1 Å². The first-order valence-electron chi connectivity index (χ1n) is 17.5. The Morgan fingerprint density at radius 3 is 2.58 bits per heavy atom. The minimum absolute atomic E-state index is 0.180. The predicted octanol–water partition coefficient (Wildman–Crippen LogP) is 4.60. The van der Waals surface area contributed by atoms with Crippen LogP contribution >= 0.6 is 0 Å². The van der Waals surface area contributed by atoms with Crippen LogP contribution in [-0.2, 0) is 36.0 Å². The number of ether oxygens (including phenoxy) is 1. The van der Waals surface area contributed by atoms with Gasteiger partial charge < -0.3 is 24.3 Å². The molecule has 2 N–H and O–H groups in total. The topological polar surface area (TPSA) is 135 Å². The first kappa shape index (κ1) is 32.2. The molecule has 8 rings (SSSR count). The Balaban J connectivity index is 1.10. The van der Waals surface area contributed by atoms with Crippen molar-refractivity contribution in [2.75, 3.05) is 43.1 Å². The normalized spacial score (nSPS) is 18.6. The van der Waals surface area contributed by atoms with Gasteiger partial charge in [0, 0.05) is 68.6 Å². The molecule has 1 saturated heterocycles. The van der Waals surface area contributed by atoms with Crippen LogP contribution in [-0.4, -0.2) is 79.9 Å². The molecule has 0 radical (unpaired) electrons. The Kier molecular flexibility index (Phi) is 8.36. The van der Waals surface area contributed by atoms with Crippen LogP contribution in [0.4, 0.5) is 17.3 Å². The van der Waals surface area contributed by atoms with Crippen LogP contribution in [0.25, 0.3) is 16.7 Å². The number of carboxylic acids is 1. The molecule has 0 spiro atoms. The van der Waals surface area contributed by atoms with Gasteiger partial charge in [0.2, 0.25) is 0 Å². The van der Waals surface area contributed by atoms with Crippen molar-refractivity contribution < 1.29 is 19.4 Å². The van der Waals surface area contributed by atoms with Crippen molar-refractivity contribution in [3.05, 3.63) is 93.4 Å². The molecular formula is C38H41N7O5. The van der Waals surface area contributed by atoms with E-state index >= 15 is 0 Å². The lowest BCUT2D eigenvalue weighted by Gasteiger charge is -2.38. The fourth-order valence-electron chi connectivity index (χ4n) is 7.78. The smallest absolute Gasteiger partial charge is 0.310 e. The van der Waals surface area contributed by atoms with Gasteiger partial charge in [-0.15, -0.1) is 0 Å². The van der Waals surface area contributed by atoms with Gasteiger partial charge in [-0.2, -0.15) is 0 Å². The Morgan fingerprint density at radius 2 is 1.86 bits per heavy atom. The Bertz CT molecular complexity index is 2080. The Hall–Kier alpha value is -5.07. The molecule has 50 heavy (non-hydrogen) atoms. The van der Waals surface area contributed by atoms with Gasteiger partial charge >= 0.3 is 5.97 Å². The summed E-state index contributed by atoms with van der Waals surface area (Å²) in [4.78, 5) is 53.2. The quantitative estimate of drug-likeness (QED) is 0.275. The van der Waals surface area contributed by atoms with Crippen LogP contribution in [0.5, 0.6) is 0 Å². The number of aliphatic carboxylic acids is 1. The van der Waals surface area contributed by atoms with Gasteiger partial charge in [0.1, 0.15) is 23.0 Å². The van der Waals surface area contributed by atoms with Crippen molar-refractivity contribution in [1.82, 2.24) is 24.0 Å². The number of rotatable bonds is 8. The van der Waals surface area contributed by atoms with Crippen LogP contribution in [0, 0.1) is 0 Å². The van der Waals surface area contributed by atoms with Gasteiger partial charge in [0.05, 0.1) is 25.2 Å². The number of aryl methyl sites for hydroxylation is 2. The molecule has 0 bridgehead atoms. The molecule has 7 heterocycles. The van der Waals surface area contributed by atoms with Crippen molar-refractivity contribution in [2.24, 2.45) is 7.05 Å². The summed E-state index contributed by atoms with van der Waals surface area (Å²) in [6, 6.07) is 9.87. The number of carboxylic acid groups (broad SMARTS) is 1. The van der Waals surface area contributed by atoms with E-state index in [0.29, 0.717) is 58.8 Å². The van der Waals surface area contributed by atoms with E-state index in [1.807, 2.05) is 24.4 Å². The lowest BCUT2D eigenvalue weighted by molar-refractivity contribution is -0.138. The highest BCUT2D eigenvalue weighted by Gasteiger charge is 2.35. The number of carbonyl (C=O) groups is 2. The summed E-state index contributed by atoms with van der Waals surface area (Å²) in [6.07, 6.45) is 12.5. The summed E-state index contributed by atoms with van der Waals surface area (Å²) in [5, 5.41) is 13.5. The summed E-state index contributed by atoms with van der Waals surface area (Å²) in [5.41, 5.74) is 7.09. The molecule has 1 unspecified atom stereocenters. The van der Waals surface area contributed by atoms with Crippen LogP contribution in [0.1, 0.15) is 65.0 Å². The number of hydrogen-bond donors (Lipinski definition) is 2. The van der Waals surface area contributed by atoms with Crippen LogP contribution in [0.2, 0.25) is 0 Å². The fraction of sp³-hybridized carbons (Fsp3) is 0.395. The molecule has 12 nitrogen and oxygen atoms in total. The average Bonchev–Trinajstić information content (AvgIpc) is 3.49. The second kappa shape index (κ2) is 13.0. The van der Waals surface area contributed by atoms with Crippen LogP contribution in [0.15, 0.2) is 59.8 Å². The number of fused-ring (bicyclic) bond motifs is 3. The fourth-order valence-corrected chi connectivity index (χ4v) is 7.78. The molecule has 258 valence electrons. The highest BCUT2D eigenvalue weighted by Crippen LogP contribution is 2.38. The largest absolute Gasteiger partial charge is 0.481 e. The molecule has 1 aliphatic carbocycles. The minimum Gasteiger partial charge on any atom is -0.481 e. The third kappa shape index (κ3) is 5.71. The molecule has 4 aromatic rings. The van der Waals surface area contributed by atoms with E-state index in [0.717, 1.165) is 64.0 Å². The zero-order chi connectivity index (χ0) is 34.5. The molecule has 3 aliphatic heterocycles. The van der Waals surface area contributed by atoms with E-state index in [9.17, 15) is 19.5 Å². The Morgan fingerprint density at radius 1 is 1.02 bits per heavy atom. The number of nitrogens with zero attached hydrogens (tertiary/aromatic N) is 6. The summed E-state index contributed by atoms with van der Waals surface area (Å²) in [7, 11) is 1.66. The summed E-state index contributed by atoms with van der Waals surface area (Å²) in [5.74, 6) is -1.34. The highest BCUT2D eigenvalue weighted by atomic mass is 16.5. The molecular weight excluding hydrogens is 634 g/mol. The van der Waals surface area contributed by atoms with Gasteiger partial charge in [0.25, 0.3) is 11.5 Å². The lowest BCUT2D eigenvalue weighted by atomic mass is 9.92. The molecule has 4 aromatic heterocycles. The van der Waals surface area contributed by atoms with E-state index in [1.165, 1.54) is 21.4 Å². The number of anilines is 3. The van der Waals surface area contributed by atoms with Gasteiger partial charge in [0.15, 0.2) is 0 Å². The molecule has 1 atom stereocenters. The van der Waals surface area contributed by atoms with Gasteiger partial charge in [-0.25, -0.2) is 9.97 Å². The van der Waals surface area contributed by atoms with Crippen LogP contribution in [0.3, 0.4) is 0 Å². The SMILES string of the molecule is CC(C(=O)O)c1c(-c2cc(Nc3ccc(C4=CCN(C5COC5)CC4)cn3)c(=O)n(C)c2)ccnc1N1CCn2c(cc3c2CCCC3)C1=O. The van der Waals surface area contributed by atoms with Crippen LogP contribution < -0.4 is 15.8 Å². The third-order valence-corrected chi connectivity index (χ3v) is 10.7. The maximum atomic E-state index is 14.0. The van der Waals surface area contributed by atoms with Crippen molar-refractivity contribution in [2.45, 2.75) is 57.5 Å². The zero-order valence-electron chi connectivity index (χ0n) is 28.4. The molecule has 1 fully saturated rings. The predicted molar refractivity (Wildman–Crippen MR) is 190 cm³/mol. The minimum atomic E-state index is -1.03. The van der Waals surface area contributed by atoms with E-state index in [-0.39, 0.29) is 11.5 Å². The number of carbonyl (C=O) groups excluding carboxylic acids is 1. The molecule has 12 heteroatoms. The van der Waals surface area contributed by atoms with E-state index in [2.05, 4.69) is 30.8 Å². The molecule has 1 amide bonds. The number of pyridine rings is 3. The van der Waals surface area contributed by atoms with E-state index in [4.69, 9.17) is 4.74 Å². The number of hydrogen-bond acceptors (Lipinski definition) is 8. The number of amides is 1. The summed E-state index contributed by atoms with van der Waals surface area (Å²) >= 11 is 0. The van der Waals surface area contributed by atoms with E-state index in [1.54, 1.807) is 43.4 Å². The van der Waals surface area contributed by atoms with Gasteiger partial charge in [-0.05, 0) is 91.6 Å².